The van der Waals surface area contributed by atoms with Gasteiger partial charge in [0, 0.05) is 25.7 Å². The fourth-order valence-corrected chi connectivity index (χ4v) is 2.50. The van der Waals surface area contributed by atoms with Crippen molar-refractivity contribution in [3.05, 3.63) is 35.4 Å². The number of likely N-dealkylation sites (N-methyl/N-ethyl adjacent to an activating group) is 1. The molecule has 0 amide bonds. The minimum atomic E-state index is 0.316. The van der Waals surface area contributed by atoms with Crippen molar-refractivity contribution in [2.45, 2.75) is 32.4 Å². The SMILES string of the molecule is CCc1ccc(C(C)N(C)CC2CNCCO2)cc1. The Balaban J connectivity index is 1.91. The summed E-state index contributed by atoms with van der Waals surface area (Å²) in [6.45, 7) is 8.21. The summed E-state index contributed by atoms with van der Waals surface area (Å²) in [5.74, 6) is 0. The Kier molecular flexibility index (Phi) is 5.37. The van der Waals surface area contributed by atoms with Crippen LogP contribution in [0, 0.1) is 0 Å². The molecule has 1 aliphatic rings. The van der Waals surface area contributed by atoms with E-state index in [1.165, 1.54) is 11.1 Å². The number of rotatable bonds is 5. The molecule has 0 radical (unpaired) electrons. The van der Waals surface area contributed by atoms with Gasteiger partial charge in [-0.3, -0.25) is 4.90 Å². The van der Waals surface area contributed by atoms with Gasteiger partial charge in [-0.15, -0.1) is 0 Å². The van der Waals surface area contributed by atoms with Crippen molar-refractivity contribution in [1.82, 2.24) is 10.2 Å². The van der Waals surface area contributed by atoms with Gasteiger partial charge in [-0.1, -0.05) is 31.2 Å². The molecule has 0 aliphatic carbocycles. The molecule has 0 spiro atoms. The molecular formula is C16H26N2O. The van der Waals surface area contributed by atoms with Gasteiger partial charge in [0.1, 0.15) is 0 Å². The molecule has 106 valence electrons. The second-order valence-corrected chi connectivity index (χ2v) is 5.41. The second-order valence-electron chi connectivity index (χ2n) is 5.41. The van der Waals surface area contributed by atoms with E-state index in [0.29, 0.717) is 12.1 Å². The lowest BCUT2D eigenvalue weighted by atomic mass is 10.0. The van der Waals surface area contributed by atoms with Crippen LogP contribution < -0.4 is 5.32 Å². The number of aryl methyl sites for hydroxylation is 1. The smallest absolute Gasteiger partial charge is 0.0826 e. The molecule has 2 unspecified atom stereocenters. The molecule has 3 heteroatoms. The first kappa shape index (κ1) is 14.5. The van der Waals surface area contributed by atoms with Crippen LogP contribution >= 0.6 is 0 Å². The quantitative estimate of drug-likeness (QED) is 0.880. The van der Waals surface area contributed by atoms with Gasteiger partial charge >= 0.3 is 0 Å². The van der Waals surface area contributed by atoms with E-state index in [-0.39, 0.29) is 0 Å². The van der Waals surface area contributed by atoms with E-state index in [4.69, 9.17) is 4.74 Å². The van der Waals surface area contributed by atoms with Gasteiger partial charge in [-0.25, -0.2) is 0 Å². The highest BCUT2D eigenvalue weighted by Crippen LogP contribution is 2.20. The number of hydrogen-bond acceptors (Lipinski definition) is 3. The number of morpholine rings is 1. The molecule has 0 saturated carbocycles. The molecule has 0 bridgehead atoms. The van der Waals surface area contributed by atoms with E-state index in [0.717, 1.165) is 32.7 Å². The molecule has 2 rings (SSSR count). The van der Waals surface area contributed by atoms with Gasteiger partial charge in [-0.2, -0.15) is 0 Å². The van der Waals surface area contributed by atoms with Crippen LogP contribution in [-0.4, -0.2) is 44.3 Å². The van der Waals surface area contributed by atoms with Gasteiger partial charge in [-0.05, 0) is 31.5 Å². The highest BCUT2D eigenvalue weighted by Gasteiger charge is 2.19. The van der Waals surface area contributed by atoms with Gasteiger partial charge in [0.2, 0.25) is 0 Å². The van der Waals surface area contributed by atoms with Crippen molar-refractivity contribution in [3.8, 4) is 0 Å². The molecule has 1 fully saturated rings. The Morgan fingerprint density at radius 3 is 2.68 bits per heavy atom. The maximum Gasteiger partial charge on any atom is 0.0826 e. The van der Waals surface area contributed by atoms with E-state index < -0.39 is 0 Å². The molecule has 1 heterocycles. The van der Waals surface area contributed by atoms with E-state index in [1.807, 2.05) is 0 Å². The fraction of sp³-hybridized carbons (Fsp3) is 0.625. The number of nitrogens with one attached hydrogen (secondary N) is 1. The summed E-state index contributed by atoms with van der Waals surface area (Å²) in [5, 5.41) is 3.38. The maximum atomic E-state index is 5.77. The lowest BCUT2D eigenvalue weighted by Crippen LogP contribution is -2.44. The maximum absolute atomic E-state index is 5.77. The molecule has 3 nitrogen and oxygen atoms in total. The van der Waals surface area contributed by atoms with E-state index in [1.54, 1.807) is 0 Å². The van der Waals surface area contributed by atoms with Crippen molar-refractivity contribution in [3.63, 3.8) is 0 Å². The molecule has 1 saturated heterocycles. The summed E-state index contributed by atoms with van der Waals surface area (Å²) < 4.78 is 5.77. The van der Waals surface area contributed by atoms with Gasteiger partial charge in [0.15, 0.2) is 0 Å². The second kappa shape index (κ2) is 7.04. The van der Waals surface area contributed by atoms with Crippen LogP contribution in [-0.2, 0) is 11.2 Å². The Morgan fingerprint density at radius 1 is 1.37 bits per heavy atom. The van der Waals surface area contributed by atoms with Crippen molar-refractivity contribution in [1.29, 1.82) is 0 Å². The Morgan fingerprint density at radius 2 is 2.11 bits per heavy atom. The summed E-state index contributed by atoms with van der Waals surface area (Å²) in [5.41, 5.74) is 2.78. The van der Waals surface area contributed by atoms with Gasteiger partial charge in [0.25, 0.3) is 0 Å². The third kappa shape index (κ3) is 4.03. The molecule has 1 aromatic carbocycles. The monoisotopic (exact) mass is 262 g/mol. The average Bonchev–Trinajstić information content (AvgIpc) is 2.47. The van der Waals surface area contributed by atoms with Crippen LogP contribution in [0.15, 0.2) is 24.3 Å². The zero-order chi connectivity index (χ0) is 13.7. The molecule has 2 atom stereocenters. The third-order valence-electron chi connectivity index (χ3n) is 4.03. The third-order valence-corrected chi connectivity index (χ3v) is 4.03. The molecule has 1 N–H and O–H groups in total. The molecular weight excluding hydrogens is 236 g/mol. The van der Waals surface area contributed by atoms with Crippen LogP contribution in [0.1, 0.15) is 31.0 Å². The van der Waals surface area contributed by atoms with Crippen LogP contribution in [0.25, 0.3) is 0 Å². The minimum Gasteiger partial charge on any atom is -0.374 e. The van der Waals surface area contributed by atoms with Crippen LogP contribution in [0.2, 0.25) is 0 Å². The normalized spacial score (nSPS) is 21.6. The van der Waals surface area contributed by atoms with Crippen LogP contribution in [0.4, 0.5) is 0 Å². The first-order valence-electron chi connectivity index (χ1n) is 7.32. The van der Waals surface area contributed by atoms with E-state index in [9.17, 15) is 0 Å². The average molecular weight is 262 g/mol. The number of nitrogens with zero attached hydrogens (tertiary/aromatic N) is 1. The zero-order valence-electron chi connectivity index (χ0n) is 12.4. The molecule has 19 heavy (non-hydrogen) atoms. The lowest BCUT2D eigenvalue weighted by molar-refractivity contribution is 0.00393. The summed E-state index contributed by atoms with van der Waals surface area (Å²) in [7, 11) is 2.18. The number of hydrogen-bond donors (Lipinski definition) is 1. The van der Waals surface area contributed by atoms with Crippen LogP contribution in [0.3, 0.4) is 0 Å². The highest BCUT2D eigenvalue weighted by atomic mass is 16.5. The topological polar surface area (TPSA) is 24.5 Å². The van der Waals surface area contributed by atoms with Crippen LogP contribution in [0.5, 0.6) is 0 Å². The number of benzene rings is 1. The molecule has 1 aromatic rings. The van der Waals surface area contributed by atoms with Crippen molar-refractivity contribution in [2.75, 3.05) is 33.3 Å². The summed E-state index contributed by atoms with van der Waals surface area (Å²) in [6, 6.07) is 9.40. The molecule has 1 aliphatic heterocycles. The Bertz CT molecular complexity index is 371. The minimum absolute atomic E-state index is 0.316. The predicted molar refractivity (Wildman–Crippen MR) is 79.5 cm³/mol. The van der Waals surface area contributed by atoms with Crippen molar-refractivity contribution in [2.24, 2.45) is 0 Å². The fourth-order valence-electron chi connectivity index (χ4n) is 2.50. The van der Waals surface area contributed by atoms with Crippen molar-refractivity contribution >= 4 is 0 Å². The zero-order valence-corrected chi connectivity index (χ0v) is 12.4. The highest BCUT2D eigenvalue weighted by molar-refractivity contribution is 5.24. The van der Waals surface area contributed by atoms with E-state index in [2.05, 4.69) is 55.4 Å². The first-order chi connectivity index (χ1) is 9.20. The summed E-state index contributed by atoms with van der Waals surface area (Å²) in [6.07, 6.45) is 1.42. The standard InChI is InChI=1S/C16H26N2O/c1-4-14-5-7-15(8-6-14)13(2)18(3)12-16-11-17-9-10-19-16/h5-8,13,16-17H,4,9-12H2,1-3H3. The first-order valence-corrected chi connectivity index (χ1v) is 7.32. The number of ether oxygens (including phenoxy) is 1. The Hall–Kier alpha value is -0.900. The van der Waals surface area contributed by atoms with Crippen molar-refractivity contribution < 1.29 is 4.74 Å². The van der Waals surface area contributed by atoms with Gasteiger partial charge < -0.3 is 10.1 Å². The molecule has 0 aromatic heterocycles. The van der Waals surface area contributed by atoms with Gasteiger partial charge in [0.05, 0.1) is 12.7 Å². The largest absolute Gasteiger partial charge is 0.374 e. The predicted octanol–water partition coefficient (Wildman–Crippen LogP) is 2.23. The summed E-state index contributed by atoms with van der Waals surface area (Å²) >= 11 is 0. The lowest BCUT2D eigenvalue weighted by Gasteiger charge is -2.31. The Labute approximate surface area is 116 Å². The summed E-state index contributed by atoms with van der Waals surface area (Å²) in [4.78, 5) is 2.37. The van der Waals surface area contributed by atoms with E-state index >= 15 is 0 Å².